The van der Waals surface area contributed by atoms with Crippen molar-refractivity contribution in [3.05, 3.63) is 28.8 Å². The Morgan fingerprint density at radius 2 is 2.30 bits per heavy atom. The van der Waals surface area contributed by atoms with E-state index in [1.165, 1.54) is 25.9 Å². The molecule has 3 nitrogen and oxygen atoms in total. The average Bonchev–Trinajstić information content (AvgIpc) is 2.43. The zero-order chi connectivity index (χ0) is 14.1. The summed E-state index contributed by atoms with van der Waals surface area (Å²) in [6, 6.07) is 5.76. The van der Waals surface area contributed by atoms with E-state index in [4.69, 9.17) is 22.1 Å². The zero-order valence-electron chi connectivity index (χ0n) is 12.0. The summed E-state index contributed by atoms with van der Waals surface area (Å²) in [4.78, 5) is 2.54. The number of nitrogens with zero attached hydrogens (tertiary/aromatic N) is 1. The molecule has 0 saturated carbocycles. The van der Waals surface area contributed by atoms with Crippen LogP contribution in [0.5, 0.6) is 5.75 Å². The van der Waals surface area contributed by atoms with Gasteiger partial charge in [-0.3, -0.25) is 0 Å². The van der Waals surface area contributed by atoms with Gasteiger partial charge in [-0.25, -0.2) is 0 Å². The average molecular weight is 295 g/mol. The van der Waals surface area contributed by atoms with Gasteiger partial charge in [0.15, 0.2) is 0 Å². The molecule has 0 spiro atoms. The summed E-state index contributed by atoms with van der Waals surface area (Å²) < 4.78 is 5.86. The molecule has 0 amide bonds. The lowest BCUT2D eigenvalue weighted by atomic mass is 9.90. The molecule has 0 radical (unpaired) electrons. The van der Waals surface area contributed by atoms with E-state index in [1.807, 2.05) is 18.2 Å². The predicted molar refractivity (Wildman–Crippen MR) is 82.2 cm³/mol. The number of fused-ring (bicyclic) bond motifs is 1. The highest BCUT2D eigenvalue weighted by Gasteiger charge is 2.30. The van der Waals surface area contributed by atoms with Gasteiger partial charge in [0, 0.05) is 35.6 Å². The molecular formula is C16H23ClN2O. The van der Waals surface area contributed by atoms with Crippen LogP contribution in [0, 0.1) is 11.8 Å². The molecule has 4 heteroatoms. The molecule has 110 valence electrons. The Kier molecular flexibility index (Phi) is 4.20. The minimum atomic E-state index is 0.0229. The van der Waals surface area contributed by atoms with Crippen LogP contribution in [0.1, 0.15) is 31.4 Å². The van der Waals surface area contributed by atoms with Crippen LogP contribution in [0.25, 0.3) is 0 Å². The van der Waals surface area contributed by atoms with Crippen LogP contribution in [0.15, 0.2) is 18.2 Å². The molecule has 3 atom stereocenters. The Bertz CT molecular complexity index is 480. The molecule has 0 aliphatic carbocycles. The second-order valence-electron chi connectivity index (χ2n) is 6.29. The summed E-state index contributed by atoms with van der Waals surface area (Å²) in [7, 11) is 0. The van der Waals surface area contributed by atoms with Crippen molar-refractivity contribution in [3.8, 4) is 5.75 Å². The Morgan fingerprint density at radius 1 is 1.45 bits per heavy atom. The molecule has 3 rings (SSSR count). The summed E-state index contributed by atoms with van der Waals surface area (Å²) in [5, 5.41) is 0.732. The van der Waals surface area contributed by atoms with Gasteiger partial charge in [0.05, 0.1) is 6.61 Å². The zero-order valence-corrected chi connectivity index (χ0v) is 12.8. The van der Waals surface area contributed by atoms with Gasteiger partial charge in [-0.2, -0.15) is 0 Å². The Labute approximate surface area is 126 Å². The number of hydrogen-bond donors (Lipinski definition) is 1. The lowest BCUT2D eigenvalue weighted by Crippen LogP contribution is -2.43. The molecular weight excluding hydrogens is 272 g/mol. The van der Waals surface area contributed by atoms with Crippen LogP contribution in [0.3, 0.4) is 0 Å². The second-order valence-corrected chi connectivity index (χ2v) is 6.72. The smallest absolute Gasteiger partial charge is 0.124 e. The van der Waals surface area contributed by atoms with Crippen molar-refractivity contribution in [1.82, 2.24) is 4.90 Å². The first-order valence-corrected chi connectivity index (χ1v) is 7.91. The monoisotopic (exact) mass is 294 g/mol. The molecule has 0 aromatic heterocycles. The van der Waals surface area contributed by atoms with Gasteiger partial charge in [0.2, 0.25) is 0 Å². The van der Waals surface area contributed by atoms with Crippen molar-refractivity contribution in [2.75, 3.05) is 26.2 Å². The summed E-state index contributed by atoms with van der Waals surface area (Å²) in [5.74, 6) is 2.04. The van der Waals surface area contributed by atoms with E-state index in [1.54, 1.807) is 0 Å². The second kappa shape index (κ2) is 5.92. The van der Waals surface area contributed by atoms with Crippen molar-refractivity contribution in [3.63, 3.8) is 0 Å². The van der Waals surface area contributed by atoms with Gasteiger partial charge in [-0.15, -0.1) is 0 Å². The fourth-order valence-electron chi connectivity index (χ4n) is 3.42. The third-order valence-corrected chi connectivity index (χ3v) is 4.76. The third kappa shape index (κ3) is 2.95. The lowest BCUT2D eigenvalue weighted by molar-refractivity contribution is 0.109. The fraction of sp³-hybridized carbons (Fsp3) is 0.625. The van der Waals surface area contributed by atoms with Gasteiger partial charge < -0.3 is 15.4 Å². The maximum absolute atomic E-state index is 6.45. The number of likely N-dealkylation sites (tertiary alicyclic amines) is 1. The van der Waals surface area contributed by atoms with E-state index in [0.717, 1.165) is 28.8 Å². The van der Waals surface area contributed by atoms with Gasteiger partial charge in [-0.05, 0) is 43.5 Å². The fourth-order valence-corrected chi connectivity index (χ4v) is 3.60. The highest BCUT2D eigenvalue weighted by molar-refractivity contribution is 6.30. The number of ether oxygens (including phenoxy) is 1. The van der Waals surface area contributed by atoms with Crippen molar-refractivity contribution >= 4 is 11.6 Å². The minimum Gasteiger partial charge on any atom is -0.493 e. The minimum absolute atomic E-state index is 0.0229. The number of hydrogen-bond acceptors (Lipinski definition) is 3. The van der Waals surface area contributed by atoms with E-state index >= 15 is 0 Å². The molecule has 3 unspecified atom stereocenters. The Hall–Kier alpha value is -0.770. The standard InChI is InChI=1S/C16H23ClN2O/c1-11-3-2-6-19(8-11)9-12-10-20-15-5-4-13(17)7-14(15)16(12)18/h4-5,7,11-12,16H,2-3,6,8-10,18H2,1H3. The van der Waals surface area contributed by atoms with Gasteiger partial charge >= 0.3 is 0 Å². The first-order chi connectivity index (χ1) is 9.63. The molecule has 2 heterocycles. The molecule has 2 N–H and O–H groups in total. The van der Waals surface area contributed by atoms with E-state index in [9.17, 15) is 0 Å². The maximum atomic E-state index is 6.45. The molecule has 20 heavy (non-hydrogen) atoms. The Balaban J connectivity index is 1.70. The number of nitrogens with two attached hydrogens (primary N) is 1. The summed E-state index contributed by atoms with van der Waals surface area (Å²) in [6.07, 6.45) is 2.65. The van der Waals surface area contributed by atoms with Gasteiger partial charge in [0.1, 0.15) is 5.75 Å². The SMILES string of the molecule is CC1CCCN(CC2COc3ccc(Cl)cc3C2N)C1. The molecule has 1 saturated heterocycles. The Morgan fingerprint density at radius 3 is 3.10 bits per heavy atom. The number of piperidine rings is 1. The predicted octanol–water partition coefficient (Wildman–Crippen LogP) is 3.08. The van der Waals surface area contributed by atoms with Gasteiger partial charge in [-0.1, -0.05) is 18.5 Å². The topological polar surface area (TPSA) is 38.5 Å². The van der Waals surface area contributed by atoms with Crippen LogP contribution >= 0.6 is 11.6 Å². The number of halogens is 1. The van der Waals surface area contributed by atoms with Crippen LogP contribution in [-0.2, 0) is 0 Å². The van der Waals surface area contributed by atoms with E-state index in [2.05, 4.69) is 11.8 Å². The molecule has 2 aliphatic heterocycles. The van der Waals surface area contributed by atoms with Crippen LogP contribution in [0.2, 0.25) is 5.02 Å². The summed E-state index contributed by atoms with van der Waals surface area (Å²) in [5.41, 5.74) is 7.50. The molecule has 1 fully saturated rings. The molecule has 1 aromatic rings. The third-order valence-electron chi connectivity index (χ3n) is 4.53. The largest absolute Gasteiger partial charge is 0.493 e. The highest BCUT2D eigenvalue weighted by Crippen LogP contribution is 2.36. The van der Waals surface area contributed by atoms with Crippen molar-refractivity contribution < 1.29 is 4.74 Å². The summed E-state index contributed by atoms with van der Waals surface area (Å²) >= 11 is 6.08. The maximum Gasteiger partial charge on any atom is 0.124 e. The summed E-state index contributed by atoms with van der Waals surface area (Å²) in [6.45, 7) is 6.44. The van der Waals surface area contributed by atoms with E-state index in [-0.39, 0.29) is 6.04 Å². The van der Waals surface area contributed by atoms with Crippen LogP contribution in [0.4, 0.5) is 0 Å². The van der Waals surface area contributed by atoms with Crippen molar-refractivity contribution in [2.24, 2.45) is 17.6 Å². The number of benzene rings is 1. The van der Waals surface area contributed by atoms with Crippen molar-refractivity contribution in [2.45, 2.75) is 25.8 Å². The first kappa shape index (κ1) is 14.2. The van der Waals surface area contributed by atoms with E-state index < -0.39 is 0 Å². The molecule has 2 aliphatic rings. The highest BCUT2D eigenvalue weighted by atomic mass is 35.5. The van der Waals surface area contributed by atoms with Gasteiger partial charge in [0.25, 0.3) is 0 Å². The first-order valence-electron chi connectivity index (χ1n) is 7.53. The number of rotatable bonds is 2. The molecule has 0 bridgehead atoms. The lowest BCUT2D eigenvalue weighted by Gasteiger charge is -2.37. The van der Waals surface area contributed by atoms with Crippen molar-refractivity contribution in [1.29, 1.82) is 0 Å². The van der Waals surface area contributed by atoms with Crippen LogP contribution < -0.4 is 10.5 Å². The van der Waals surface area contributed by atoms with Crippen LogP contribution in [-0.4, -0.2) is 31.1 Å². The normalized spacial score (nSPS) is 30.6. The van der Waals surface area contributed by atoms with E-state index in [0.29, 0.717) is 12.5 Å². The molecule has 1 aromatic carbocycles. The quantitative estimate of drug-likeness (QED) is 0.911.